The molecule has 1 fully saturated rings. The van der Waals surface area contributed by atoms with Gasteiger partial charge in [-0.1, -0.05) is 18.2 Å². The molecule has 1 atom stereocenters. The number of nitrogens with two attached hydrogens (primary N) is 1. The Kier molecular flexibility index (Phi) is 4.75. The van der Waals surface area contributed by atoms with E-state index in [0.717, 1.165) is 12.8 Å². The highest BCUT2D eigenvalue weighted by molar-refractivity contribution is 7.89. The number of aryl methyl sites for hydroxylation is 1. The summed E-state index contributed by atoms with van der Waals surface area (Å²) < 4.78 is 28.8. The van der Waals surface area contributed by atoms with Crippen LogP contribution in [0.1, 0.15) is 30.9 Å². The first kappa shape index (κ1) is 16.5. The first-order valence-corrected chi connectivity index (χ1v) is 9.88. The van der Waals surface area contributed by atoms with Crippen molar-refractivity contribution in [3.05, 3.63) is 36.0 Å². The molecule has 2 heterocycles. The fraction of sp³-hybridized carbons (Fsp3) is 0.529. The standard InChI is InChI=1S/C17H25N3O2S/c1-14-5-2-6-15-8-11-20(17(14)15)16-7-3-10-19(13-16)23(21,22)12-4-9-18/h2,5-6,8,11,16H,3-4,7,9-10,12-13,18H2,1H3. The van der Waals surface area contributed by atoms with Gasteiger partial charge in [0.1, 0.15) is 0 Å². The molecule has 0 bridgehead atoms. The van der Waals surface area contributed by atoms with Crippen molar-refractivity contribution in [1.29, 1.82) is 0 Å². The van der Waals surface area contributed by atoms with E-state index in [9.17, 15) is 8.42 Å². The van der Waals surface area contributed by atoms with E-state index in [0.29, 0.717) is 26.1 Å². The molecule has 1 aliphatic rings. The van der Waals surface area contributed by atoms with Crippen molar-refractivity contribution in [1.82, 2.24) is 8.87 Å². The Balaban J connectivity index is 1.86. The van der Waals surface area contributed by atoms with Crippen molar-refractivity contribution >= 4 is 20.9 Å². The Bertz CT molecular complexity index is 782. The number of rotatable bonds is 5. The highest BCUT2D eigenvalue weighted by Gasteiger charge is 2.29. The minimum absolute atomic E-state index is 0.154. The van der Waals surface area contributed by atoms with Gasteiger partial charge in [0, 0.05) is 25.3 Å². The molecule has 1 unspecified atom stereocenters. The van der Waals surface area contributed by atoms with Crippen molar-refractivity contribution in [2.75, 3.05) is 25.4 Å². The quantitative estimate of drug-likeness (QED) is 0.911. The fourth-order valence-corrected chi connectivity index (χ4v) is 5.10. The smallest absolute Gasteiger partial charge is 0.214 e. The number of sulfonamides is 1. The second kappa shape index (κ2) is 6.63. The fourth-order valence-electron chi connectivity index (χ4n) is 3.50. The monoisotopic (exact) mass is 335 g/mol. The summed E-state index contributed by atoms with van der Waals surface area (Å²) >= 11 is 0. The molecule has 2 N–H and O–H groups in total. The van der Waals surface area contributed by atoms with Crippen LogP contribution in [0.5, 0.6) is 0 Å². The highest BCUT2D eigenvalue weighted by Crippen LogP contribution is 2.29. The molecule has 0 spiro atoms. The summed E-state index contributed by atoms with van der Waals surface area (Å²) in [6, 6.07) is 8.60. The lowest BCUT2D eigenvalue weighted by Crippen LogP contribution is -2.41. The molecule has 0 aliphatic carbocycles. The molecule has 23 heavy (non-hydrogen) atoms. The van der Waals surface area contributed by atoms with Gasteiger partial charge in [0.2, 0.25) is 10.0 Å². The van der Waals surface area contributed by atoms with Gasteiger partial charge in [-0.25, -0.2) is 8.42 Å². The van der Waals surface area contributed by atoms with E-state index in [1.54, 1.807) is 4.31 Å². The lowest BCUT2D eigenvalue weighted by molar-refractivity contribution is 0.270. The SMILES string of the molecule is Cc1cccc2ccn(C3CCCN(S(=O)(=O)CCCN)C3)c12. The van der Waals surface area contributed by atoms with E-state index in [1.807, 2.05) is 0 Å². The van der Waals surface area contributed by atoms with Crippen LogP contribution in [0.4, 0.5) is 0 Å². The number of aromatic nitrogens is 1. The third-order valence-corrected chi connectivity index (χ3v) is 6.62. The van der Waals surface area contributed by atoms with E-state index in [-0.39, 0.29) is 11.8 Å². The Morgan fingerprint density at radius 2 is 2.13 bits per heavy atom. The largest absolute Gasteiger partial charge is 0.343 e. The molecule has 126 valence electrons. The number of fused-ring (bicyclic) bond motifs is 1. The molecule has 1 aromatic heterocycles. The van der Waals surface area contributed by atoms with Crippen LogP contribution in [-0.4, -0.2) is 42.7 Å². The maximum Gasteiger partial charge on any atom is 0.214 e. The second-order valence-electron chi connectivity index (χ2n) is 6.35. The average molecular weight is 335 g/mol. The predicted octanol–water partition coefficient (Wildman–Crippen LogP) is 2.27. The molecule has 0 amide bonds. The predicted molar refractivity (Wildman–Crippen MR) is 94.0 cm³/mol. The maximum atomic E-state index is 12.5. The molecule has 0 radical (unpaired) electrons. The Labute approximate surface area is 138 Å². The molecule has 1 aromatic carbocycles. The summed E-state index contributed by atoms with van der Waals surface area (Å²) in [5.41, 5.74) is 7.91. The van der Waals surface area contributed by atoms with Gasteiger partial charge in [-0.3, -0.25) is 0 Å². The molecule has 6 heteroatoms. The summed E-state index contributed by atoms with van der Waals surface area (Å²) in [5.74, 6) is 0.154. The number of para-hydroxylation sites is 1. The minimum Gasteiger partial charge on any atom is -0.343 e. The summed E-state index contributed by atoms with van der Waals surface area (Å²) in [7, 11) is -3.19. The van der Waals surface area contributed by atoms with E-state index < -0.39 is 10.0 Å². The first-order chi connectivity index (χ1) is 11.0. The molecule has 5 nitrogen and oxygen atoms in total. The van der Waals surface area contributed by atoms with Crippen LogP contribution >= 0.6 is 0 Å². The second-order valence-corrected chi connectivity index (χ2v) is 8.44. The molecule has 2 aromatic rings. The Morgan fingerprint density at radius 3 is 2.91 bits per heavy atom. The van der Waals surface area contributed by atoms with E-state index in [1.165, 1.54) is 16.5 Å². The van der Waals surface area contributed by atoms with Crippen LogP contribution in [0.3, 0.4) is 0 Å². The van der Waals surface area contributed by atoms with E-state index in [4.69, 9.17) is 5.73 Å². The number of benzene rings is 1. The molecule has 1 saturated heterocycles. The lowest BCUT2D eigenvalue weighted by atomic mass is 10.1. The van der Waals surface area contributed by atoms with Crippen LogP contribution in [0.15, 0.2) is 30.5 Å². The van der Waals surface area contributed by atoms with Crippen molar-refractivity contribution in [3.8, 4) is 0 Å². The van der Waals surface area contributed by atoms with E-state index >= 15 is 0 Å². The van der Waals surface area contributed by atoms with Gasteiger partial charge >= 0.3 is 0 Å². The van der Waals surface area contributed by atoms with Gasteiger partial charge in [-0.2, -0.15) is 4.31 Å². The lowest BCUT2D eigenvalue weighted by Gasteiger charge is -2.33. The first-order valence-electron chi connectivity index (χ1n) is 8.27. The zero-order valence-corrected chi connectivity index (χ0v) is 14.4. The van der Waals surface area contributed by atoms with Crippen LogP contribution in [-0.2, 0) is 10.0 Å². The zero-order chi connectivity index (χ0) is 16.4. The zero-order valence-electron chi connectivity index (χ0n) is 13.6. The van der Waals surface area contributed by atoms with Crippen molar-refractivity contribution in [2.45, 2.75) is 32.2 Å². The highest BCUT2D eigenvalue weighted by atomic mass is 32.2. The van der Waals surface area contributed by atoms with Crippen LogP contribution in [0, 0.1) is 6.92 Å². The van der Waals surface area contributed by atoms with Crippen LogP contribution < -0.4 is 5.73 Å². The summed E-state index contributed by atoms with van der Waals surface area (Å²) in [5, 5.41) is 1.22. The van der Waals surface area contributed by atoms with Crippen molar-refractivity contribution in [3.63, 3.8) is 0 Å². The molecule has 3 rings (SSSR count). The van der Waals surface area contributed by atoms with Crippen LogP contribution in [0.25, 0.3) is 10.9 Å². The molecule has 0 saturated carbocycles. The number of nitrogens with zero attached hydrogens (tertiary/aromatic N) is 2. The van der Waals surface area contributed by atoms with Crippen molar-refractivity contribution < 1.29 is 8.42 Å². The van der Waals surface area contributed by atoms with Gasteiger partial charge in [-0.05, 0) is 49.7 Å². The molecular weight excluding hydrogens is 310 g/mol. The number of hydrogen-bond acceptors (Lipinski definition) is 3. The normalized spacial score (nSPS) is 20.2. The summed E-state index contributed by atoms with van der Waals surface area (Å²) in [4.78, 5) is 0. The van der Waals surface area contributed by atoms with E-state index in [2.05, 4.69) is 42.0 Å². The topological polar surface area (TPSA) is 68.3 Å². The third-order valence-electron chi connectivity index (χ3n) is 4.69. The minimum atomic E-state index is -3.19. The molecular formula is C17H25N3O2S. The molecule has 1 aliphatic heterocycles. The van der Waals surface area contributed by atoms with Gasteiger partial charge in [-0.15, -0.1) is 0 Å². The average Bonchev–Trinajstić information content (AvgIpc) is 2.99. The van der Waals surface area contributed by atoms with Gasteiger partial charge in [0.25, 0.3) is 0 Å². The summed E-state index contributed by atoms with van der Waals surface area (Å²) in [6.45, 7) is 3.71. The third kappa shape index (κ3) is 3.29. The van der Waals surface area contributed by atoms with Gasteiger partial charge in [0.05, 0.1) is 11.3 Å². The van der Waals surface area contributed by atoms with Crippen molar-refractivity contribution in [2.24, 2.45) is 5.73 Å². The number of piperidine rings is 1. The Hall–Kier alpha value is -1.37. The maximum absolute atomic E-state index is 12.5. The van der Waals surface area contributed by atoms with Gasteiger partial charge in [0.15, 0.2) is 0 Å². The Morgan fingerprint density at radius 1 is 1.30 bits per heavy atom. The summed E-state index contributed by atoms with van der Waals surface area (Å²) in [6.07, 6.45) is 4.53. The van der Waals surface area contributed by atoms with Crippen LogP contribution in [0.2, 0.25) is 0 Å². The van der Waals surface area contributed by atoms with Gasteiger partial charge < -0.3 is 10.3 Å². The number of hydrogen-bond donors (Lipinski definition) is 1.